The number of guanidine groups is 1. The largest absolute Gasteiger partial charge is 0.356 e. The lowest BCUT2D eigenvalue weighted by Crippen LogP contribution is -2.39. The smallest absolute Gasteiger partial charge is 0.251 e. The molecule has 140 valence electrons. The first-order valence-electron chi connectivity index (χ1n) is 8.37. The predicted octanol–water partition coefficient (Wildman–Crippen LogP) is 2.01. The first-order chi connectivity index (χ1) is 12.2. The van der Waals surface area contributed by atoms with Gasteiger partial charge in [-0.3, -0.25) is 14.8 Å². The molecule has 3 N–H and O–H groups in total. The maximum atomic E-state index is 11.7. The summed E-state index contributed by atoms with van der Waals surface area (Å²) in [6.45, 7) is 1.53. The predicted molar refractivity (Wildman–Crippen MR) is 116 cm³/mol. The summed E-state index contributed by atoms with van der Waals surface area (Å²) < 4.78 is 0. The number of halogens is 1. The van der Waals surface area contributed by atoms with E-state index in [9.17, 15) is 4.79 Å². The maximum absolute atomic E-state index is 11.7. The average molecular weight is 467 g/mol. The average Bonchev–Trinajstić information content (AvgIpc) is 2.67. The number of rotatable bonds is 7. The molecule has 0 fully saturated rings. The van der Waals surface area contributed by atoms with Crippen molar-refractivity contribution >= 4 is 35.8 Å². The van der Waals surface area contributed by atoms with Gasteiger partial charge in [0, 0.05) is 45.1 Å². The monoisotopic (exact) mass is 467 g/mol. The number of aromatic nitrogens is 1. The number of amides is 1. The van der Waals surface area contributed by atoms with Crippen LogP contribution < -0.4 is 16.0 Å². The van der Waals surface area contributed by atoms with Gasteiger partial charge in [-0.05, 0) is 42.2 Å². The normalized spacial score (nSPS) is 10.6. The molecule has 26 heavy (non-hydrogen) atoms. The molecule has 0 aliphatic rings. The molecule has 7 heteroatoms. The lowest BCUT2D eigenvalue weighted by Gasteiger charge is -2.12. The number of carbonyl (C=O) groups excluding carboxylic acids is 1. The van der Waals surface area contributed by atoms with Crippen molar-refractivity contribution in [2.45, 2.75) is 12.8 Å². The molecular weight excluding hydrogens is 441 g/mol. The molecule has 0 spiro atoms. The van der Waals surface area contributed by atoms with E-state index < -0.39 is 0 Å². The molecule has 0 atom stereocenters. The minimum absolute atomic E-state index is 0. The third-order valence-corrected chi connectivity index (χ3v) is 3.77. The lowest BCUT2D eigenvalue weighted by molar-refractivity contribution is 0.0963. The Balaban J connectivity index is 0.00000338. The van der Waals surface area contributed by atoms with Crippen molar-refractivity contribution in [1.82, 2.24) is 20.9 Å². The molecule has 0 aliphatic heterocycles. The molecule has 0 unspecified atom stereocenters. The van der Waals surface area contributed by atoms with E-state index in [0.717, 1.165) is 37.5 Å². The van der Waals surface area contributed by atoms with Gasteiger partial charge in [-0.1, -0.05) is 18.2 Å². The van der Waals surface area contributed by atoms with E-state index in [1.54, 1.807) is 20.3 Å². The van der Waals surface area contributed by atoms with Crippen LogP contribution in [0.2, 0.25) is 0 Å². The van der Waals surface area contributed by atoms with Crippen molar-refractivity contribution in [2.24, 2.45) is 4.99 Å². The minimum Gasteiger partial charge on any atom is -0.356 e. The van der Waals surface area contributed by atoms with Gasteiger partial charge in [0.05, 0.1) is 0 Å². The van der Waals surface area contributed by atoms with Crippen molar-refractivity contribution in [1.29, 1.82) is 0 Å². The summed E-state index contributed by atoms with van der Waals surface area (Å²) in [6.07, 6.45) is 5.35. The summed E-state index contributed by atoms with van der Waals surface area (Å²) >= 11 is 0. The Hall–Kier alpha value is -2.16. The van der Waals surface area contributed by atoms with Crippen molar-refractivity contribution in [2.75, 3.05) is 27.2 Å². The van der Waals surface area contributed by atoms with Crippen LogP contribution in [-0.2, 0) is 12.8 Å². The Bertz CT molecular complexity index is 706. The fourth-order valence-corrected chi connectivity index (χ4v) is 2.43. The van der Waals surface area contributed by atoms with Gasteiger partial charge in [0.2, 0.25) is 0 Å². The molecule has 0 radical (unpaired) electrons. The Labute approximate surface area is 171 Å². The van der Waals surface area contributed by atoms with E-state index in [0.29, 0.717) is 5.56 Å². The highest BCUT2D eigenvalue weighted by Crippen LogP contribution is 2.05. The molecule has 0 aliphatic carbocycles. The summed E-state index contributed by atoms with van der Waals surface area (Å²) in [5.41, 5.74) is 2.98. The second-order valence-electron chi connectivity index (χ2n) is 5.57. The van der Waals surface area contributed by atoms with Crippen LogP contribution >= 0.6 is 24.0 Å². The van der Waals surface area contributed by atoms with Crippen LogP contribution in [0.15, 0.2) is 53.8 Å². The topological polar surface area (TPSA) is 78.4 Å². The maximum Gasteiger partial charge on any atom is 0.251 e. The summed E-state index contributed by atoms with van der Waals surface area (Å²) in [5, 5.41) is 9.22. The Kier molecular flexibility index (Phi) is 10.3. The first kappa shape index (κ1) is 21.9. The molecular formula is C19H26IN5O. The van der Waals surface area contributed by atoms with Gasteiger partial charge in [-0.15, -0.1) is 24.0 Å². The summed E-state index contributed by atoms with van der Waals surface area (Å²) in [4.78, 5) is 20.0. The first-order valence-corrected chi connectivity index (χ1v) is 8.37. The Morgan fingerprint density at radius 3 is 2.38 bits per heavy atom. The molecule has 6 nitrogen and oxygen atoms in total. The number of hydrogen-bond acceptors (Lipinski definition) is 3. The molecule has 1 heterocycles. The van der Waals surface area contributed by atoms with Gasteiger partial charge < -0.3 is 16.0 Å². The summed E-state index contributed by atoms with van der Waals surface area (Å²) in [6, 6.07) is 11.7. The Morgan fingerprint density at radius 2 is 1.77 bits per heavy atom. The fraction of sp³-hybridized carbons (Fsp3) is 0.316. The highest BCUT2D eigenvalue weighted by molar-refractivity contribution is 14.0. The lowest BCUT2D eigenvalue weighted by atomic mass is 10.1. The number of aliphatic imine (C=N–C) groups is 1. The van der Waals surface area contributed by atoms with Gasteiger partial charge in [0.25, 0.3) is 5.91 Å². The summed E-state index contributed by atoms with van der Waals surface area (Å²) in [5.74, 6) is 0.703. The van der Waals surface area contributed by atoms with Crippen molar-refractivity contribution in [3.8, 4) is 0 Å². The van der Waals surface area contributed by atoms with Gasteiger partial charge in [0.15, 0.2) is 5.96 Å². The van der Waals surface area contributed by atoms with Crippen molar-refractivity contribution in [3.63, 3.8) is 0 Å². The van der Waals surface area contributed by atoms with E-state index in [1.807, 2.05) is 36.5 Å². The van der Waals surface area contributed by atoms with Gasteiger partial charge >= 0.3 is 0 Å². The van der Waals surface area contributed by atoms with Gasteiger partial charge in [-0.25, -0.2) is 0 Å². The van der Waals surface area contributed by atoms with Crippen LogP contribution in [0.1, 0.15) is 21.5 Å². The minimum atomic E-state index is -0.0670. The van der Waals surface area contributed by atoms with Crippen LogP contribution in [0.25, 0.3) is 0 Å². The van der Waals surface area contributed by atoms with Crippen LogP contribution in [0.5, 0.6) is 0 Å². The van der Waals surface area contributed by atoms with E-state index in [4.69, 9.17) is 0 Å². The number of nitrogens with zero attached hydrogens (tertiary/aromatic N) is 2. The van der Waals surface area contributed by atoms with E-state index in [2.05, 4.69) is 32.0 Å². The number of hydrogen-bond donors (Lipinski definition) is 3. The van der Waals surface area contributed by atoms with E-state index >= 15 is 0 Å². The molecule has 1 aromatic carbocycles. The van der Waals surface area contributed by atoms with Crippen LogP contribution in [-0.4, -0.2) is 44.0 Å². The molecule has 1 aromatic heterocycles. The number of nitrogens with one attached hydrogen (secondary N) is 3. The zero-order valence-electron chi connectivity index (χ0n) is 15.2. The molecule has 2 rings (SSSR count). The van der Waals surface area contributed by atoms with Crippen LogP contribution in [0.3, 0.4) is 0 Å². The summed E-state index contributed by atoms with van der Waals surface area (Å²) in [7, 11) is 3.39. The second kappa shape index (κ2) is 12.2. The van der Waals surface area contributed by atoms with E-state index in [1.165, 1.54) is 5.56 Å². The highest BCUT2D eigenvalue weighted by atomic mass is 127. The zero-order chi connectivity index (χ0) is 17.9. The number of carbonyl (C=O) groups is 1. The second-order valence-corrected chi connectivity index (χ2v) is 5.57. The third-order valence-electron chi connectivity index (χ3n) is 3.77. The van der Waals surface area contributed by atoms with Crippen molar-refractivity contribution in [3.05, 3.63) is 65.5 Å². The number of pyridine rings is 1. The van der Waals surface area contributed by atoms with Crippen molar-refractivity contribution < 1.29 is 4.79 Å². The van der Waals surface area contributed by atoms with E-state index in [-0.39, 0.29) is 29.9 Å². The van der Waals surface area contributed by atoms with Gasteiger partial charge in [0.1, 0.15) is 0 Å². The molecule has 2 aromatic rings. The molecule has 0 bridgehead atoms. The molecule has 1 amide bonds. The third kappa shape index (κ3) is 7.38. The zero-order valence-corrected chi connectivity index (χ0v) is 17.5. The highest BCUT2D eigenvalue weighted by Gasteiger charge is 2.04. The van der Waals surface area contributed by atoms with Gasteiger partial charge in [-0.2, -0.15) is 0 Å². The van der Waals surface area contributed by atoms with Crippen LogP contribution in [0, 0.1) is 0 Å². The standard InChI is InChI=1S/C19H25N5O.HI/c1-20-18(25)17-7-3-5-15(13-17)8-11-23-19(21-2)24-12-9-16-6-4-10-22-14-16;/h3-7,10,13-14H,8-9,11-12H2,1-2H3,(H,20,25)(H2,21,23,24);1H. The Morgan fingerprint density at radius 1 is 1.08 bits per heavy atom. The van der Waals surface area contributed by atoms with Crippen LogP contribution in [0.4, 0.5) is 0 Å². The number of benzene rings is 1. The molecule has 0 saturated carbocycles. The quantitative estimate of drug-likeness (QED) is 0.331. The SMILES string of the molecule is CN=C(NCCc1cccnc1)NCCc1cccc(C(=O)NC)c1.I. The molecule has 0 saturated heterocycles. The fourth-order valence-electron chi connectivity index (χ4n) is 2.43.